The number of carbonyl (C=O) groups excluding carboxylic acids is 1. The van der Waals surface area contributed by atoms with Crippen LogP contribution in [-0.4, -0.2) is 15.8 Å². The van der Waals surface area contributed by atoms with Gasteiger partial charge in [0.05, 0.1) is 23.5 Å². The number of oxazole rings is 1. The number of hydrogen-bond acceptors (Lipinski definition) is 5. The topological polar surface area (TPSA) is 79.8 Å². The van der Waals surface area contributed by atoms with Crippen LogP contribution < -0.4 is 0 Å². The first-order valence-corrected chi connectivity index (χ1v) is 7.74. The number of nitriles is 1. The lowest BCUT2D eigenvalue weighted by atomic mass is 9.94. The van der Waals surface area contributed by atoms with Crippen LogP contribution in [0.3, 0.4) is 0 Å². The Morgan fingerprint density at radius 3 is 2.96 bits per heavy atom. The average molecular weight is 315 g/mol. The number of hydrogen-bond donors (Lipinski definition) is 0. The first kappa shape index (κ1) is 14.3. The molecule has 0 fully saturated rings. The second kappa shape index (κ2) is 5.74. The van der Waals surface area contributed by atoms with Crippen molar-refractivity contribution in [2.75, 3.05) is 0 Å². The summed E-state index contributed by atoms with van der Waals surface area (Å²) in [7, 11) is 0. The molecule has 5 nitrogen and oxygen atoms in total. The number of benzene rings is 1. The van der Waals surface area contributed by atoms with Gasteiger partial charge in [-0.2, -0.15) is 5.26 Å². The minimum Gasteiger partial charge on any atom is -0.435 e. The SMILES string of the molecule is N#Cc1cccc(-c2cnc(-c3ccc4c(n3)CCCC4=O)o2)c1. The molecule has 116 valence electrons. The molecule has 0 saturated carbocycles. The van der Waals surface area contributed by atoms with Gasteiger partial charge in [0.15, 0.2) is 11.5 Å². The van der Waals surface area contributed by atoms with Crippen LogP contribution in [0.1, 0.15) is 34.5 Å². The molecule has 0 saturated heterocycles. The molecule has 0 radical (unpaired) electrons. The molecule has 24 heavy (non-hydrogen) atoms. The van der Waals surface area contributed by atoms with Crippen LogP contribution >= 0.6 is 0 Å². The molecule has 0 unspecified atom stereocenters. The van der Waals surface area contributed by atoms with Crippen LogP contribution in [0.5, 0.6) is 0 Å². The quantitative estimate of drug-likeness (QED) is 0.718. The predicted molar refractivity (Wildman–Crippen MR) is 87.2 cm³/mol. The molecule has 1 aliphatic rings. The summed E-state index contributed by atoms with van der Waals surface area (Å²) in [5.74, 6) is 1.14. The molecule has 0 amide bonds. The minimum atomic E-state index is 0.150. The maximum Gasteiger partial charge on any atom is 0.245 e. The summed E-state index contributed by atoms with van der Waals surface area (Å²) in [5, 5.41) is 8.99. The van der Waals surface area contributed by atoms with Crippen LogP contribution in [-0.2, 0) is 6.42 Å². The molecule has 2 heterocycles. The van der Waals surface area contributed by atoms with Crippen molar-refractivity contribution in [3.8, 4) is 29.0 Å². The number of ketones is 1. The van der Waals surface area contributed by atoms with Crippen LogP contribution in [0.4, 0.5) is 0 Å². The van der Waals surface area contributed by atoms with E-state index in [4.69, 9.17) is 9.68 Å². The van der Waals surface area contributed by atoms with Gasteiger partial charge in [0.1, 0.15) is 5.69 Å². The van der Waals surface area contributed by atoms with Crippen molar-refractivity contribution in [1.82, 2.24) is 9.97 Å². The third-order valence-corrected chi connectivity index (χ3v) is 4.09. The van der Waals surface area contributed by atoms with Crippen LogP contribution in [0, 0.1) is 11.3 Å². The summed E-state index contributed by atoms with van der Waals surface area (Å²) in [5.41, 5.74) is 3.50. The number of carbonyl (C=O) groups is 1. The van der Waals surface area contributed by atoms with Gasteiger partial charge in [-0.05, 0) is 37.1 Å². The van der Waals surface area contributed by atoms with Crippen molar-refractivity contribution in [2.24, 2.45) is 0 Å². The van der Waals surface area contributed by atoms with Crippen molar-refractivity contribution < 1.29 is 9.21 Å². The lowest BCUT2D eigenvalue weighted by Gasteiger charge is -2.13. The zero-order chi connectivity index (χ0) is 16.5. The van der Waals surface area contributed by atoms with Gasteiger partial charge >= 0.3 is 0 Å². The summed E-state index contributed by atoms with van der Waals surface area (Å²) in [6, 6.07) is 12.8. The summed E-state index contributed by atoms with van der Waals surface area (Å²) in [4.78, 5) is 20.7. The molecular weight excluding hydrogens is 302 g/mol. The monoisotopic (exact) mass is 315 g/mol. The van der Waals surface area contributed by atoms with E-state index in [0.717, 1.165) is 24.1 Å². The number of aromatic nitrogens is 2. The van der Waals surface area contributed by atoms with E-state index in [1.54, 1.807) is 36.5 Å². The second-order valence-electron chi connectivity index (χ2n) is 5.69. The zero-order valence-electron chi connectivity index (χ0n) is 12.8. The Bertz CT molecular complexity index is 982. The van der Waals surface area contributed by atoms with Crippen molar-refractivity contribution in [3.63, 3.8) is 0 Å². The molecule has 0 bridgehead atoms. The number of pyridine rings is 1. The van der Waals surface area contributed by atoms with Gasteiger partial charge in [-0.25, -0.2) is 9.97 Å². The minimum absolute atomic E-state index is 0.150. The summed E-state index contributed by atoms with van der Waals surface area (Å²) >= 11 is 0. The fraction of sp³-hybridized carbons (Fsp3) is 0.158. The molecule has 5 heteroatoms. The fourth-order valence-electron chi connectivity index (χ4n) is 2.88. The van der Waals surface area contributed by atoms with Gasteiger partial charge in [-0.15, -0.1) is 0 Å². The molecule has 4 rings (SSSR count). The van der Waals surface area contributed by atoms with E-state index in [0.29, 0.717) is 34.9 Å². The van der Waals surface area contributed by atoms with Gasteiger partial charge in [0.25, 0.3) is 0 Å². The van der Waals surface area contributed by atoms with Crippen molar-refractivity contribution >= 4 is 5.78 Å². The molecule has 2 aromatic heterocycles. The predicted octanol–water partition coefficient (Wildman–Crippen LogP) is 3.79. The molecule has 3 aromatic rings. The lowest BCUT2D eigenvalue weighted by molar-refractivity contribution is 0.0971. The first-order chi connectivity index (χ1) is 11.7. The van der Waals surface area contributed by atoms with Gasteiger partial charge in [-0.1, -0.05) is 12.1 Å². The fourth-order valence-corrected chi connectivity index (χ4v) is 2.88. The van der Waals surface area contributed by atoms with E-state index >= 15 is 0 Å². The third-order valence-electron chi connectivity index (χ3n) is 4.09. The van der Waals surface area contributed by atoms with Gasteiger partial charge in [-0.3, -0.25) is 4.79 Å². The van der Waals surface area contributed by atoms with E-state index < -0.39 is 0 Å². The summed E-state index contributed by atoms with van der Waals surface area (Å²) in [6.45, 7) is 0. The molecule has 0 spiro atoms. The van der Waals surface area contributed by atoms with Gasteiger partial charge in [0, 0.05) is 17.5 Å². The highest BCUT2D eigenvalue weighted by Gasteiger charge is 2.20. The van der Waals surface area contributed by atoms with E-state index in [1.807, 2.05) is 6.07 Å². The van der Waals surface area contributed by atoms with Crippen LogP contribution in [0.15, 0.2) is 47.0 Å². The van der Waals surface area contributed by atoms with E-state index in [2.05, 4.69) is 16.0 Å². The highest BCUT2D eigenvalue weighted by Crippen LogP contribution is 2.28. The third kappa shape index (κ3) is 2.48. The Hall–Kier alpha value is -3.26. The maximum absolute atomic E-state index is 11.9. The number of aryl methyl sites for hydroxylation is 1. The zero-order valence-corrected chi connectivity index (χ0v) is 12.8. The van der Waals surface area contributed by atoms with Crippen molar-refractivity contribution in [3.05, 3.63) is 59.4 Å². The smallest absolute Gasteiger partial charge is 0.245 e. The normalized spacial score (nSPS) is 13.4. The van der Waals surface area contributed by atoms with E-state index in [1.165, 1.54) is 0 Å². The Balaban J connectivity index is 1.70. The largest absolute Gasteiger partial charge is 0.435 e. The number of rotatable bonds is 2. The average Bonchev–Trinajstić information content (AvgIpc) is 3.12. The molecule has 1 aliphatic carbocycles. The standard InChI is InChI=1S/C19H13N3O2/c20-10-12-3-1-4-13(9-12)18-11-21-19(24-18)16-8-7-14-15(22-16)5-2-6-17(14)23/h1,3-4,7-9,11H,2,5-6H2. The number of nitrogens with zero attached hydrogens (tertiary/aromatic N) is 3. The highest BCUT2D eigenvalue weighted by molar-refractivity contribution is 5.98. The Morgan fingerprint density at radius 2 is 2.08 bits per heavy atom. The Labute approximate surface area is 138 Å². The maximum atomic E-state index is 11.9. The number of fused-ring (bicyclic) bond motifs is 1. The Morgan fingerprint density at radius 1 is 1.17 bits per heavy atom. The summed E-state index contributed by atoms with van der Waals surface area (Å²) in [6.07, 6.45) is 3.84. The van der Waals surface area contributed by atoms with Gasteiger partial charge in [0.2, 0.25) is 5.89 Å². The lowest BCUT2D eigenvalue weighted by Crippen LogP contribution is -2.12. The molecule has 0 aliphatic heterocycles. The molecule has 0 N–H and O–H groups in total. The van der Waals surface area contributed by atoms with Crippen LogP contribution in [0.2, 0.25) is 0 Å². The van der Waals surface area contributed by atoms with Crippen molar-refractivity contribution in [1.29, 1.82) is 5.26 Å². The first-order valence-electron chi connectivity index (χ1n) is 7.74. The Kier molecular flexibility index (Phi) is 3.43. The molecular formula is C19H13N3O2. The highest BCUT2D eigenvalue weighted by atomic mass is 16.4. The van der Waals surface area contributed by atoms with Crippen LogP contribution in [0.25, 0.3) is 22.9 Å². The number of Topliss-reactive ketones (excluding diaryl/α,β-unsaturated/α-hetero) is 1. The second-order valence-corrected chi connectivity index (χ2v) is 5.69. The van der Waals surface area contributed by atoms with Crippen molar-refractivity contribution in [2.45, 2.75) is 19.3 Å². The van der Waals surface area contributed by atoms with E-state index in [-0.39, 0.29) is 5.78 Å². The molecule has 0 atom stereocenters. The van der Waals surface area contributed by atoms with E-state index in [9.17, 15) is 4.79 Å². The summed E-state index contributed by atoms with van der Waals surface area (Å²) < 4.78 is 5.81. The van der Waals surface area contributed by atoms with Gasteiger partial charge < -0.3 is 4.42 Å². The molecule has 1 aromatic carbocycles.